The molecular formula is C15H18N4O2. The first-order valence-corrected chi connectivity index (χ1v) is 7.15. The first-order valence-electron chi connectivity index (χ1n) is 7.15. The zero-order valence-electron chi connectivity index (χ0n) is 12.0. The summed E-state index contributed by atoms with van der Waals surface area (Å²) in [6.07, 6.45) is 2.19. The van der Waals surface area contributed by atoms with E-state index in [0.29, 0.717) is 23.8 Å². The predicted octanol–water partition coefficient (Wildman–Crippen LogP) is 2.23. The lowest BCUT2D eigenvalue weighted by atomic mass is 10.1. The van der Waals surface area contributed by atoms with Gasteiger partial charge in [0.2, 0.25) is 5.89 Å². The molecule has 0 radical (unpaired) electrons. The minimum absolute atomic E-state index is 0.102. The van der Waals surface area contributed by atoms with Crippen LogP contribution in [-0.4, -0.2) is 34.0 Å². The minimum Gasteiger partial charge on any atom is -0.376 e. The van der Waals surface area contributed by atoms with Gasteiger partial charge in [-0.25, -0.2) is 0 Å². The average molecular weight is 286 g/mol. The molecule has 6 heteroatoms. The van der Waals surface area contributed by atoms with E-state index in [1.54, 1.807) is 6.92 Å². The predicted molar refractivity (Wildman–Crippen MR) is 77.9 cm³/mol. The molecule has 1 aliphatic heterocycles. The number of hydrogen-bond donors (Lipinski definition) is 1. The van der Waals surface area contributed by atoms with Gasteiger partial charge in [0.05, 0.1) is 6.54 Å². The van der Waals surface area contributed by atoms with E-state index in [0.717, 1.165) is 31.6 Å². The van der Waals surface area contributed by atoms with Gasteiger partial charge < -0.3 is 14.7 Å². The minimum atomic E-state index is 0.102. The van der Waals surface area contributed by atoms with Crippen LogP contribution in [0.3, 0.4) is 0 Å². The Morgan fingerprint density at radius 3 is 2.90 bits per heavy atom. The zero-order chi connectivity index (χ0) is 14.7. The second-order valence-electron chi connectivity index (χ2n) is 5.17. The molecule has 1 fully saturated rings. The van der Waals surface area contributed by atoms with Gasteiger partial charge in [-0.15, -0.1) is 0 Å². The van der Waals surface area contributed by atoms with Crippen LogP contribution in [-0.2, 0) is 6.54 Å². The first kappa shape index (κ1) is 13.6. The lowest BCUT2D eigenvalue weighted by Crippen LogP contribution is -2.27. The van der Waals surface area contributed by atoms with E-state index in [-0.39, 0.29) is 5.91 Å². The normalized spacial score (nSPS) is 14.4. The third-order valence-electron chi connectivity index (χ3n) is 3.52. The van der Waals surface area contributed by atoms with Crippen LogP contribution in [0.2, 0.25) is 0 Å². The third kappa shape index (κ3) is 3.21. The monoisotopic (exact) mass is 286 g/mol. The van der Waals surface area contributed by atoms with E-state index >= 15 is 0 Å². The Labute approximate surface area is 123 Å². The van der Waals surface area contributed by atoms with Crippen molar-refractivity contribution < 1.29 is 9.32 Å². The van der Waals surface area contributed by atoms with E-state index in [9.17, 15) is 4.79 Å². The summed E-state index contributed by atoms with van der Waals surface area (Å²) in [6.45, 7) is 3.94. The molecule has 0 aliphatic carbocycles. The Bertz CT molecular complexity index is 632. The van der Waals surface area contributed by atoms with E-state index < -0.39 is 0 Å². The van der Waals surface area contributed by atoms with Crippen molar-refractivity contribution in [2.45, 2.75) is 26.3 Å². The highest BCUT2D eigenvalue weighted by molar-refractivity contribution is 5.95. The smallest absolute Gasteiger partial charge is 0.253 e. The van der Waals surface area contributed by atoms with Crippen LogP contribution in [0.5, 0.6) is 0 Å². The Hall–Kier alpha value is -2.37. The van der Waals surface area contributed by atoms with Gasteiger partial charge in [-0.3, -0.25) is 4.79 Å². The van der Waals surface area contributed by atoms with Gasteiger partial charge in [0.25, 0.3) is 5.91 Å². The van der Waals surface area contributed by atoms with E-state index in [4.69, 9.17) is 4.52 Å². The van der Waals surface area contributed by atoms with Gasteiger partial charge in [0.15, 0.2) is 5.82 Å². The fourth-order valence-corrected chi connectivity index (χ4v) is 2.45. The van der Waals surface area contributed by atoms with Crippen LogP contribution in [0, 0.1) is 6.92 Å². The number of nitrogens with zero attached hydrogens (tertiary/aromatic N) is 3. The third-order valence-corrected chi connectivity index (χ3v) is 3.52. The highest BCUT2D eigenvalue weighted by atomic mass is 16.5. The molecule has 2 heterocycles. The number of aryl methyl sites for hydroxylation is 1. The molecule has 3 rings (SSSR count). The van der Waals surface area contributed by atoms with Gasteiger partial charge in [0.1, 0.15) is 0 Å². The number of anilines is 1. The molecule has 1 amide bonds. The molecule has 21 heavy (non-hydrogen) atoms. The number of amides is 1. The second kappa shape index (κ2) is 5.95. The first-order chi connectivity index (χ1) is 10.2. The van der Waals surface area contributed by atoms with Gasteiger partial charge >= 0.3 is 0 Å². The lowest BCUT2D eigenvalue weighted by Gasteiger charge is -2.15. The Kier molecular flexibility index (Phi) is 3.85. The van der Waals surface area contributed by atoms with Crippen LogP contribution >= 0.6 is 0 Å². The van der Waals surface area contributed by atoms with Crippen molar-refractivity contribution in [2.75, 3.05) is 18.4 Å². The maximum absolute atomic E-state index is 12.3. The van der Waals surface area contributed by atoms with Crippen molar-refractivity contribution in [1.82, 2.24) is 15.0 Å². The molecule has 0 unspecified atom stereocenters. The Morgan fingerprint density at radius 2 is 2.19 bits per heavy atom. The Morgan fingerprint density at radius 1 is 1.38 bits per heavy atom. The summed E-state index contributed by atoms with van der Waals surface area (Å²) in [5.74, 6) is 1.25. The molecule has 1 saturated heterocycles. The van der Waals surface area contributed by atoms with Crippen molar-refractivity contribution in [2.24, 2.45) is 0 Å². The van der Waals surface area contributed by atoms with Crippen LogP contribution in [0.1, 0.15) is 34.9 Å². The fourth-order valence-electron chi connectivity index (χ4n) is 2.45. The van der Waals surface area contributed by atoms with E-state index in [2.05, 4.69) is 15.5 Å². The topological polar surface area (TPSA) is 71.3 Å². The average Bonchev–Trinajstić information content (AvgIpc) is 3.16. The van der Waals surface area contributed by atoms with Crippen molar-refractivity contribution in [3.05, 3.63) is 41.5 Å². The molecule has 1 aromatic heterocycles. The van der Waals surface area contributed by atoms with Crippen molar-refractivity contribution in [3.63, 3.8) is 0 Å². The summed E-state index contributed by atoms with van der Waals surface area (Å²) in [7, 11) is 0. The maximum Gasteiger partial charge on any atom is 0.253 e. The molecule has 2 aromatic rings. The van der Waals surface area contributed by atoms with Crippen LogP contribution in [0.15, 0.2) is 28.8 Å². The zero-order valence-corrected chi connectivity index (χ0v) is 12.0. The summed E-state index contributed by atoms with van der Waals surface area (Å²) in [5.41, 5.74) is 1.58. The highest BCUT2D eigenvalue weighted by Gasteiger charge is 2.19. The molecule has 0 spiro atoms. The molecule has 1 aliphatic rings. The molecule has 1 N–H and O–H groups in total. The summed E-state index contributed by atoms with van der Waals surface area (Å²) in [6, 6.07) is 7.52. The van der Waals surface area contributed by atoms with Crippen molar-refractivity contribution >= 4 is 11.6 Å². The maximum atomic E-state index is 12.3. The molecule has 0 atom stereocenters. The standard InChI is InChI=1S/C15H18N4O2/c1-11-17-14(21-18-11)10-16-13-6-4-5-12(9-13)15(20)19-7-2-3-8-19/h4-6,9,16H,2-3,7-8,10H2,1H3. The summed E-state index contributed by atoms with van der Waals surface area (Å²) >= 11 is 0. The van der Waals surface area contributed by atoms with Crippen molar-refractivity contribution in [3.8, 4) is 0 Å². The largest absolute Gasteiger partial charge is 0.376 e. The molecule has 6 nitrogen and oxygen atoms in total. The number of carbonyl (C=O) groups excluding carboxylic acids is 1. The fraction of sp³-hybridized carbons (Fsp3) is 0.400. The Balaban J connectivity index is 1.66. The quantitative estimate of drug-likeness (QED) is 0.933. The summed E-state index contributed by atoms with van der Waals surface area (Å²) in [4.78, 5) is 18.4. The number of likely N-dealkylation sites (tertiary alicyclic amines) is 1. The molecule has 1 aromatic carbocycles. The van der Waals surface area contributed by atoms with Crippen molar-refractivity contribution in [1.29, 1.82) is 0 Å². The van der Waals surface area contributed by atoms with Crippen LogP contribution < -0.4 is 5.32 Å². The number of hydrogen-bond acceptors (Lipinski definition) is 5. The number of carbonyl (C=O) groups is 1. The number of nitrogens with one attached hydrogen (secondary N) is 1. The van der Waals surface area contributed by atoms with Gasteiger partial charge in [-0.2, -0.15) is 4.98 Å². The SMILES string of the molecule is Cc1noc(CNc2cccc(C(=O)N3CCCC3)c2)n1. The molecule has 0 bridgehead atoms. The van der Waals surface area contributed by atoms with Gasteiger partial charge in [-0.05, 0) is 38.0 Å². The second-order valence-corrected chi connectivity index (χ2v) is 5.17. The van der Waals surface area contributed by atoms with E-state index in [1.165, 1.54) is 0 Å². The molecule has 0 saturated carbocycles. The van der Waals surface area contributed by atoms with Gasteiger partial charge in [0, 0.05) is 24.3 Å². The summed E-state index contributed by atoms with van der Waals surface area (Å²) in [5, 5.41) is 6.93. The van der Waals surface area contributed by atoms with Gasteiger partial charge in [-0.1, -0.05) is 11.2 Å². The summed E-state index contributed by atoms with van der Waals surface area (Å²) < 4.78 is 5.05. The number of rotatable bonds is 4. The molecular weight excluding hydrogens is 268 g/mol. The van der Waals surface area contributed by atoms with Crippen LogP contribution in [0.4, 0.5) is 5.69 Å². The molecule has 110 valence electrons. The number of aromatic nitrogens is 2. The highest BCUT2D eigenvalue weighted by Crippen LogP contribution is 2.16. The van der Waals surface area contributed by atoms with Crippen LogP contribution in [0.25, 0.3) is 0 Å². The number of benzene rings is 1. The lowest BCUT2D eigenvalue weighted by molar-refractivity contribution is 0.0793. The van der Waals surface area contributed by atoms with E-state index in [1.807, 2.05) is 29.2 Å².